The zero-order valence-electron chi connectivity index (χ0n) is 11.3. The first kappa shape index (κ1) is 15.6. The number of hydrogen-bond acceptors (Lipinski definition) is 4. The lowest BCUT2D eigenvalue weighted by atomic mass is 9.83. The Labute approximate surface area is 140 Å². The predicted octanol–water partition coefficient (Wildman–Crippen LogP) is 4.29. The van der Waals surface area contributed by atoms with Crippen LogP contribution in [0, 0.1) is 0 Å². The van der Waals surface area contributed by atoms with Crippen LogP contribution in [-0.4, -0.2) is 29.4 Å². The molecule has 1 aliphatic rings. The lowest BCUT2D eigenvalue weighted by Gasteiger charge is -2.35. The fraction of sp³-hybridized carbons (Fsp3) is 0.286. The van der Waals surface area contributed by atoms with E-state index in [0.29, 0.717) is 18.2 Å². The van der Waals surface area contributed by atoms with Gasteiger partial charge < -0.3 is 14.4 Å². The topological polar surface area (TPSA) is 72.6 Å². The van der Waals surface area contributed by atoms with Crippen molar-refractivity contribution in [2.24, 2.45) is 0 Å². The van der Waals surface area contributed by atoms with E-state index in [1.165, 1.54) is 12.1 Å². The Bertz CT molecular complexity index is 744. The second kappa shape index (κ2) is 5.42. The fourth-order valence-corrected chi connectivity index (χ4v) is 3.37. The molecule has 0 radical (unpaired) electrons. The van der Waals surface area contributed by atoms with Crippen LogP contribution in [-0.2, 0) is 10.2 Å². The highest BCUT2D eigenvalue weighted by Gasteiger charge is 2.44. The number of aromatic carboxylic acids is 1. The molecular weight excluding hydrogens is 353 g/mol. The van der Waals surface area contributed by atoms with E-state index in [0.717, 1.165) is 0 Å². The summed E-state index contributed by atoms with van der Waals surface area (Å²) in [4.78, 5) is 11.7. The van der Waals surface area contributed by atoms with Crippen LogP contribution in [0.5, 0.6) is 0 Å². The van der Waals surface area contributed by atoms with Crippen molar-refractivity contribution in [2.75, 3.05) is 13.2 Å². The number of aromatic nitrogens is 1. The van der Waals surface area contributed by atoms with Crippen molar-refractivity contribution in [2.45, 2.75) is 12.3 Å². The summed E-state index contributed by atoms with van der Waals surface area (Å²) in [6.45, 7) is 2.58. The zero-order valence-corrected chi connectivity index (χ0v) is 13.6. The van der Waals surface area contributed by atoms with Crippen molar-refractivity contribution < 1.29 is 19.2 Å². The smallest absolute Gasteiger partial charge is 0.341 e. The Morgan fingerprint density at radius 3 is 2.32 bits per heavy atom. The number of ether oxygens (including phenoxy) is 1. The highest BCUT2D eigenvalue weighted by Crippen LogP contribution is 2.42. The SMILES string of the molecule is CC1(c2onc(-c3c(Cl)cc(Cl)cc3Cl)c2C(=O)O)COC1. The number of hydrogen-bond donors (Lipinski definition) is 1. The molecule has 0 bridgehead atoms. The molecule has 1 N–H and O–H groups in total. The zero-order chi connectivity index (χ0) is 16.1. The Kier molecular flexibility index (Phi) is 3.85. The molecule has 1 aromatic heterocycles. The molecule has 0 atom stereocenters. The number of carboxylic acid groups (broad SMARTS) is 1. The first-order chi connectivity index (χ1) is 10.3. The van der Waals surface area contributed by atoms with E-state index >= 15 is 0 Å². The Morgan fingerprint density at radius 1 is 1.27 bits per heavy atom. The van der Waals surface area contributed by atoms with Gasteiger partial charge >= 0.3 is 5.97 Å². The van der Waals surface area contributed by atoms with E-state index in [2.05, 4.69) is 5.16 Å². The maximum Gasteiger partial charge on any atom is 0.341 e. The molecule has 0 aliphatic carbocycles. The molecule has 8 heteroatoms. The number of rotatable bonds is 3. The van der Waals surface area contributed by atoms with Gasteiger partial charge in [-0.2, -0.15) is 0 Å². The third-order valence-electron chi connectivity index (χ3n) is 3.54. The maximum atomic E-state index is 11.7. The van der Waals surface area contributed by atoms with Crippen LogP contribution < -0.4 is 0 Å². The first-order valence-electron chi connectivity index (χ1n) is 6.29. The van der Waals surface area contributed by atoms with E-state index < -0.39 is 11.4 Å². The normalized spacial score (nSPS) is 16.4. The van der Waals surface area contributed by atoms with Crippen molar-refractivity contribution in [1.29, 1.82) is 0 Å². The molecule has 1 fully saturated rings. The van der Waals surface area contributed by atoms with Crippen molar-refractivity contribution >= 4 is 40.8 Å². The van der Waals surface area contributed by atoms with Gasteiger partial charge in [0.25, 0.3) is 0 Å². The van der Waals surface area contributed by atoms with Crippen molar-refractivity contribution in [3.63, 3.8) is 0 Å². The molecule has 2 aromatic rings. The average molecular weight is 363 g/mol. The summed E-state index contributed by atoms with van der Waals surface area (Å²) in [6.07, 6.45) is 0. The van der Waals surface area contributed by atoms with Gasteiger partial charge in [-0.3, -0.25) is 0 Å². The van der Waals surface area contributed by atoms with E-state index in [1.807, 2.05) is 6.92 Å². The molecule has 1 saturated heterocycles. The quantitative estimate of drug-likeness (QED) is 0.882. The molecule has 1 aliphatic heterocycles. The highest BCUT2D eigenvalue weighted by molar-refractivity contribution is 6.42. The van der Waals surface area contributed by atoms with E-state index in [1.54, 1.807) is 0 Å². The van der Waals surface area contributed by atoms with Crippen LogP contribution in [0.3, 0.4) is 0 Å². The van der Waals surface area contributed by atoms with Gasteiger partial charge in [0.2, 0.25) is 0 Å². The van der Waals surface area contributed by atoms with Gasteiger partial charge in [0.1, 0.15) is 11.3 Å². The van der Waals surface area contributed by atoms with Crippen LogP contribution in [0.1, 0.15) is 23.0 Å². The molecule has 0 saturated carbocycles. The maximum absolute atomic E-state index is 11.7. The van der Waals surface area contributed by atoms with E-state index in [-0.39, 0.29) is 32.6 Å². The number of carbonyl (C=O) groups is 1. The summed E-state index contributed by atoms with van der Waals surface area (Å²) in [5, 5.41) is 14.2. The van der Waals surface area contributed by atoms with Gasteiger partial charge in [-0.15, -0.1) is 0 Å². The molecule has 22 heavy (non-hydrogen) atoms. The molecule has 0 unspecified atom stereocenters. The molecular formula is C14H10Cl3NO4. The third-order valence-corrected chi connectivity index (χ3v) is 4.35. The number of benzene rings is 1. The minimum atomic E-state index is -1.17. The van der Waals surface area contributed by atoms with Crippen LogP contribution in [0.25, 0.3) is 11.3 Å². The summed E-state index contributed by atoms with van der Waals surface area (Å²) in [6, 6.07) is 2.94. The molecule has 1 aromatic carbocycles. The minimum Gasteiger partial charge on any atom is -0.477 e. The van der Waals surface area contributed by atoms with Crippen LogP contribution in [0.4, 0.5) is 0 Å². The lowest BCUT2D eigenvalue weighted by Crippen LogP contribution is -2.44. The van der Waals surface area contributed by atoms with Gasteiger partial charge in [0.05, 0.1) is 28.7 Å². The Balaban J connectivity index is 2.23. The van der Waals surface area contributed by atoms with Crippen LogP contribution >= 0.6 is 34.8 Å². The van der Waals surface area contributed by atoms with Gasteiger partial charge in [-0.05, 0) is 19.1 Å². The summed E-state index contributed by atoms with van der Waals surface area (Å²) < 4.78 is 10.5. The number of carboxylic acids is 1. The average Bonchev–Trinajstić information content (AvgIpc) is 2.79. The molecule has 116 valence electrons. The van der Waals surface area contributed by atoms with Gasteiger partial charge in [-0.1, -0.05) is 40.0 Å². The van der Waals surface area contributed by atoms with Crippen LogP contribution in [0.15, 0.2) is 16.7 Å². The van der Waals surface area contributed by atoms with Crippen molar-refractivity contribution in [3.8, 4) is 11.3 Å². The van der Waals surface area contributed by atoms with Crippen molar-refractivity contribution in [3.05, 3.63) is 38.5 Å². The summed E-state index contributed by atoms with van der Waals surface area (Å²) in [7, 11) is 0. The number of halogens is 3. The van der Waals surface area contributed by atoms with Gasteiger partial charge in [0.15, 0.2) is 5.76 Å². The number of nitrogens with zero attached hydrogens (tertiary/aromatic N) is 1. The van der Waals surface area contributed by atoms with E-state index in [9.17, 15) is 9.90 Å². The summed E-state index contributed by atoms with van der Waals surface area (Å²) >= 11 is 18.2. The van der Waals surface area contributed by atoms with E-state index in [4.69, 9.17) is 44.1 Å². The first-order valence-corrected chi connectivity index (χ1v) is 7.43. The molecule has 0 spiro atoms. The second-order valence-corrected chi connectivity index (χ2v) is 6.59. The molecule has 0 amide bonds. The monoisotopic (exact) mass is 361 g/mol. The third kappa shape index (κ3) is 2.38. The predicted molar refractivity (Wildman–Crippen MR) is 82.1 cm³/mol. The van der Waals surface area contributed by atoms with Gasteiger partial charge in [0, 0.05) is 10.6 Å². The Morgan fingerprint density at radius 2 is 1.86 bits per heavy atom. The lowest BCUT2D eigenvalue weighted by molar-refractivity contribution is -0.0623. The highest BCUT2D eigenvalue weighted by atomic mass is 35.5. The minimum absolute atomic E-state index is 0.0584. The summed E-state index contributed by atoms with van der Waals surface area (Å²) in [5.74, 6) is -0.912. The van der Waals surface area contributed by atoms with Crippen LogP contribution in [0.2, 0.25) is 15.1 Å². The standard InChI is InChI=1S/C14H10Cl3NO4/c1-14(4-21-5-14)12-10(13(19)20)11(18-22-12)9-7(16)2-6(15)3-8(9)17/h2-3H,4-5H2,1H3,(H,19,20). The molecule has 3 rings (SSSR count). The second-order valence-electron chi connectivity index (χ2n) is 5.34. The fourth-order valence-electron chi connectivity index (χ4n) is 2.38. The molecule has 5 nitrogen and oxygen atoms in total. The largest absolute Gasteiger partial charge is 0.477 e. The molecule has 2 heterocycles. The Hall–Kier alpha value is -1.27. The summed E-state index contributed by atoms with van der Waals surface area (Å²) in [5.41, 5.74) is -0.215. The van der Waals surface area contributed by atoms with Gasteiger partial charge in [-0.25, -0.2) is 4.79 Å². The van der Waals surface area contributed by atoms with Crippen molar-refractivity contribution in [1.82, 2.24) is 5.16 Å².